The predicted molar refractivity (Wildman–Crippen MR) is 70.8 cm³/mol. The molecule has 6 heteroatoms. The van der Waals surface area contributed by atoms with E-state index in [1.807, 2.05) is 24.3 Å². The van der Waals surface area contributed by atoms with Crippen molar-refractivity contribution in [1.82, 2.24) is 15.0 Å². The fraction of sp³-hybridized carbons (Fsp3) is 0. The van der Waals surface area contributed by atoms with Crippen molar-refractivity contribution in [3.8, 4) is 0 Å². The van der Waals surface area contributed by atoms with E-state index in [0.717, 1.165) is 14.9 Å². The van der Waals surface area contributed by atoms with Crippen LogP contribution in [0.5, 0.6) is 0 Å². The van der Waals surface area contributed by atoms with Gasteiger partial charge in [-0.25, -0.2) is 15.0 Å². The molecule has 84 valence electrons. The highest BCUT2D eigenvalue weighted by molar-refractivity contribution is 8.01. The molecule has 0 fully saturated rings. The molecule has 0 aliphatic carbocycles. The summed E-state index contributed by atoms with van der Waals surface area (Å²) >= 11 is 8.88. The Kier molecular flexibility index (Phi) is 2.96. The number of hydrogen-bond donors (Lipinski definition) is 0. The van der Waals surface area contributed by atoms with Crippen molar-refractivity contribution < 1.29 is 0 Å². The van der Waals surface area contributed by atoms with Gasteiger partial charge in [-0.1, -0.05) is 12.1 Å². The van der Waals surface area contributed by atoms with Gasteiger partial charge in [-0.2, -0.15) is 0 Å². The van der Waals surface area contributed by atoms with Crippen LogP contribution in [0.15, 0.2) is 45.9 Å². The quantitative estimate of drug-likeness (QED) is 0.527. The minimum Gasteiger partial charge on any atom is -0.229 e. The molecule has 0 spiro atoms. The maximum absolute atomic E-state index is 5.74. The molecule has 0 amide bonds. The standard InChI is InChI=1S/C11H6ClN3S2/c12-10-13-6-5-9(15-10)17-11-14-7-3-1-2-4-8(7)16-11/h1-6H. The van der Waals surface area contributed by atoms with E-state index in [1.165, 1.54) is 16.5 Å². The van der Waals surface area contributed by atoms with Crippen molar-refractivity contribution in [3.63, 3.8) is 0 Å². The third-order valence-corrected chi connectivity index (χ3v) is 4.28. The lowest BCUT2D eigenvalue weighted by Gasteiger charge is -1.95. The smallest absolute Gasteiger partial charge is 0.223 e. The molecule has 0 atom stereocenters. The summed E-state index contributed by atoms with van der Waals surface area (Å²) in [6.07, 6.45) is 1.64. The van der Waals surface area contributed by atoms with Gasteiger partial charge in [0.05, 0.1) is 10.2 Å². The molecule has 0 radical (unpaired) electrons. The van der Waals surface area contributed by atoms with Crippen molar-refractivity contribution in [3.05, 3.63) is 41.8 Å². The van der Waals surface area contributed by atoms with E-state index in [2.05, 4.69) is 21.0 Å². The SMILES string of the molecule is Clc1nccc(Sc2nc3ccccc3s2)n1. The van der Waals surface area contributed by atoms with Crippen molar-refractivity contribution in [2.75, 3.05) is 0 Å². The van der Waals surface area contributed by atoms with E-state index in [4.69, 9.17) is 11.6 Å². The summed E-state index contributed by atoms with van der Waals surface area (Å²) in [5, 5.41) is 1.07. The van der Waals surface area contributed by atoms with Crippen LogP contribution in [0, 0.1) is 0 Å². The van der Waals surface area contributed by atoms with Crippen LogP contribution in [0.4, 0.5) is 0 Å². The molecule has 0 saturated carbocycles. The minimum atomic E-state index is 0.260. The van der Waals surface area contributed by atoms with Gasteiger partial charge in [-0.05, 0) is 41.6 Å². The maximum atomic E-state index is 5.74. The first-order chi connectivity index (χ1) is 8.31. The monoisotopic (exact) mass is 279 g/mol. The number of aromatic nitrogens is 3. The molecule has 1 aromatic carbocycles. The highest BCUT2D eigenvalue weighted by atomic mass is 35.5. The number of hydrogen-bond acceptors (Lipinski definition) is 5. The van der Waals surface area contributed by atoms with E-state index in [0.29, 0.717) is 0 Å². The van der Waals surface area contributed by atoms with Gasteiger partial charge in [0.2, 0.25) is 5.28 Å². The molecule has 3 aromatic rings. The number of para-hydroxylation sites is 1. The number of nitrogens with zero attached hydrogens (tertiary/aromatic N) is 3. The van der Waals surface area contributed by atoms with Crippen LogP contribution in [-0.4, -0.2) is 15.0 Å². The van der Waals surface area contributed by atoms with Crippen LogP contribution in [0.2, 0.25) is 5.28 Å². The Morgan fingerprint density at radius 2 is 2.00 bits per heavy atom. The molecular weight excluding hydrogens is 274 g/mol. The Hall–Kier alpha value is -1.17. The van der Waals surface area contributed by atoms with Crippen LogP contribution in [0.1, 0.15) is 0 Å². The molecular formula is C11H6ClN3S2. The Morgan fingerprint density at radius 1 is 1.12 bits per heavy atom. The van der Waals surface area contributed by atoms with Crippen molar-refractivity contribution in [2.45, 2.75) is 9.37 Å². The van der Waals surface area contributed by atoms with Crippen molar-refractivity contribution in [2.24, 2.45) is 0 Å². The van der Waals surface area contributed by atoms with E-state index >= 15 is 0 Å². The first kappa shape index (κ1) is 11.0. The summed E-state index contributed by atoms with van der Waals surface area (Å²) in [6.45, 7) is 0. The van der Waals surface area contributed by atoms with Gasteiger partial charge < -0.3 is 0 Å². The molecule has 17 heavy (non-hydrogen) atoms. The van der Waals surface area contributed by atoms with Crippen LogP contribution < -0.4 is 0 Å². The molecule has 0 aliphatic rings. The van der Waals surface area contributed by atoms with Crippen molar-refractivity contribution >= 4 is 44.9 Å². The first-order valence-electron chi connectivity index (χ1n) is 4.83. The van der Waals surface area contributed by atoms with Gasteiger partial charge in [-0.3, -0.25) is 0 Å². The zero-order chi connectivity index (χ0) is 11.7. The summed E-state index contributed by atoms with van der Waals surface area (Å²) in [5.41, 5.74) is 1.01. The van der Waals surface area contributed by atoms with Crippen LogP contribution in [-0.2, 0) is 0 Å². The zero-order valence-electron chi connectivity index (χ0n) is 8.50. The van der Waals surface area contributed by atoms with E-state index in [1.54, 1.807) is 17.5 Å². The third kappa shape index (κ3) is 2.41. The van der Waals surface area contributed by atoms with E-state index < -0.39 is 0 Å². The zero-order valence-corrected chi connectivity index (χ0v) is 10.9. The average Bonchev–Trinajstić information content (AvgIpc) is 2.71. The Balaban J connectivity index is 1.94. The largest absolute Gasteiger partial charge is 0.229 e. The molecule has 0 unspecified atom stereocenters. The number of fused-ring (bicyclic) bond motifs is 1. The molecule has 0 N–H and O–H groups in total. The van der Waals surface area contributed by atoms with Gasteiger partial charge in [0.1, 0.15) is 5.03 Å². The second-order valence-corrected chi connectivity index (χ2v) is 5.85. The third-order valence-electron chi connectivity index (χ3n) is 2.07. The van der Waals surface area contributed by atoms with Gasteiger partial charge in [-0.15, -0.1) is 11.3 Å². The fourth-order valence-corrected chi connectivity index (χ4v) is 3.53. The van der Waals surface area contributed by atoms with Crippen LogP contribution >= 0.6 is 34.7 Å². The lowest BCUT2D eigenvalue weighted by atomic mass is 10.3. The number of benzene rings is 1. The molecule has 2 heterocycles. The minimum absolute atomic E-state index is 0.260. The van der Waals surface area contributed by atoms with Gasteiger partial charge >= 0.3 is 0 Å². The number of rotatable bonds is 2. The second kappa shape index (κ2) is 4.60. The van der Waals surface area contributed by atoms with Gasteiger partial charge in [0.25, 0.3) is 0 Å². The molecule has 0 bridgehead atoms. The van der Waals surface area contributed by atoms with Gasteiger partial charge in [0, 0.05) is 6.20 Å². The van der Waals surface area contributed by atoms with Gasteiger partial charge in [0.15, 0.2) is 4.34 Å². The van der Waals surface area contributed by atoms with E-state index in [-0.39, 0.29) is 5.28 Å². The maximum Gasteiger partial charge on any atom is 0.223 e. The second-order valence-electron chi connectivity index (χ2n) is 3.21. The van der Waals surface area contributed by atoms with Crippen LogP contribution in [0.3, 0.4) is 0 Å². The number of halogens is 1. The molecule has 0 aliphatic heterocycles. The summed E-state index contributed by atoms with van der Waals surface area (Å²) in [6, 6.07) is 9.88. The topological polar surface area (TPSA) is 38.7 Å². The fourth-order valence-electron chi connectivity index (χ4n) is 1.36. The summed E-state index contributed by atoms with van der Waals surface area (Å²) in [4.78, 5) is 12.5. The van der Waals surface area contributed by atoms with Crippen molar-refractivity contribution in [1.29, 1.82) is 0 Å². The normalized spacial score (nSPS) is 10.9. The summed E-state index contributed by atoms with van der Waals surface area (Å²) < 4.78 is 2.14. The molecule has 2 aromatic heterocycles. The Labute approximate surface area is 111 Å². The summed E-state index contributed by atoms with van der Waals surface area (Å²) in [5.74, 6) is 0. The molecule has 0 saturated heterocycles. The highest BCUT2D eigenvalue weighted by Gasteiger charge is 2.06. The number of thiazole rings is 1. The van der Waals surface area contributed by atoms with E-state index in [9.17, 15) is 0 Å². The van der Waals surface area contributed by atoms with Crippen LogP contribution in [0.25, 0.3) is 10.2 Å². The molecule has 3 nitrogen and oxygen atoms in total. The lowest BCUT2D eigenvalue weighted by molar-refractivity contribution is 1.05. The lowest BCUT2D eigenvalue weighted by Crippen LogP contribution is -1.83. The first-order valence-corrected chi connectivity index (χ1v) is 6.84. The average molecular weight is 280 g/mol. The summed E-state index contributed by atoms with van der Waals surface area (Å²) in [7, 11) is 0. The Morgan fingerprint density at radius 3 is 2.82 bits per heavy atom. The molecule has 3 rings (SSSR count). The predicted octanol–water partition coefficient (Wildman–Crippen LogP) is 3.89. The highest BCUT2D eigenvalue weighted by Crippen LogP contribution is 2.33. The Bertz CT molecular complexity index is 635.